The van der Waals surface area contributed by atoms with E-state index in [-0.39, 0.29) is 51.2 Å². The van der Waals surface area contributed by atoms with Gasteiger partial charge < -0.3 is 44.8 Å². The number of furan rings is 5. The summed E-state index contributed by atoms with van der Waals surface area (Å²) in [6, 6.07) is 110. The van der Waals surface area contributed by atoms with Crippen LogP contribution in [0.25, 0.3) is 177 Å². The summed E-state index contributed by atoms with van der Waals surface area (Å²) in [6.07, 6.45) is 14.5. The molecule has 20 heteroatoms. The van der Waals surface area contributed by atoms with E-state index >= 15 is 0 Å². The zero-order chi connectivity index (χ0) is 80.7. The third kappa shape index (κ3) is 13.3. The predicted molar refractivity (Wildman–Crippen MR) is 478 cm³/mol. The van der Waals surface area contributed by atoms with E-state index in [2.05, 4.69) is 180 Å². The quantitative estimate of drug-likeness (QED) is 0.0850. The molecule has 0 spiro atoms. The number of thiophene rings is 1. The van der Waals surface area contributed by atoms with Gasteiger partial charge in [0.15, 0.2) is 11.6 Å². The van der Waals surface area contributed by atoms with E-state index in [1.54, 1.807) is 30.1 Å². The molecule has 0 amide bonds. The molecule has 0 aliphatic heterocycles. The first-order valence-corrected chi connectivity index (χ1v) is 40.6. The molecule has 124 heavy (non-hydrogen) atoms. The normalized spacial score (nSPS) is 11.8. The fourth-order valence-electron chi connectivity index (χ4n) is 17.1. The molecule has 16 nitrogen and oxygen atoms in total. The molecular weight excluding hydrogens is 1710 g/mol. The maximum absolute atomic E-state index is 6.51. The van der Waals surface area contributed by atoms with Crippen LogP contribution in [0.3, 0.4) is 0 Å². The van der Waals surface area contributed by atoms with E-state index < -0.39 is 0 Å². The second-order valence-electron chi connectivity index (χ2n) is 30.3. The maximum atomic E-state index is 6.51. The zero-order valence-electron chi connectivity index (χ0n) is 66.7. The van der Waals surface area contributed by atoms with E-state index in [1.807, 2.05) is 202 Å². The summed E-state index contributed by atoms with van der Waals surface area (Å²) in [6.45, 7) is 4.08. The van der Waals surface area contributed by atoms with E-state index in [9.17, 15) is 0 Å². The molecule has 13 heterocycles. The Hall–Kier alpha value is -14.0. The van der Waals surface area contributed by atoms with Crippen LogP contribution < -0.4 is 9.80 Å². The molecule has 13 aromatic heterocycles. The topological polar surface area (TPSA) is 149 Å². The Morgan fingerprint density at radius 3 is 2.04 bits per heavy atom. The van der Waals surface area contributed by atoms with Crippen molar-refractivity contribution < 1.29 is 77.7 Å². The predicted octanol–water partition coefficient (Wildman–Crippen LogP) is 26.2. The molecule has 1 aliphatic rings. The fraction of sp³-hybridized carbons (Fsp3) is 0.0673. The van der Waals surface area contributed by atoms with Gasteiger partial charge in [0.2, 0.25) is 5.95 Å². The number of anilines is 6. The third-order valence-corrected chi connectivity index (χ3v) is 23.8. The molecular formula is C104H65Cu3N10O6S-9. The minimum Gasteiger partial charge on any atom is -0.518 e. The van der Waals surface area contributed by atoms with Crippen molar-refractivity contribution in [3.63, 3.8) is 0 Å². The molecule has 0 atom stereocenters. The standard InChI is InChI=1S/C40H24N3O2.C34H25N4O2.C30H16N3O2S.3Cu/c1-42-35-16-8-7-12-29(35)23-36(42)32-15-9-17-38-39(32)41-40(45-38)43(30-13-3-2-4-14-30)31-20-21-37-33(24-31)34(25-44-37)28-19-18-26-10-5-6-11-27(26)22-28;1-21-17-22(2)37(19-21)29-20-39-33-27(29)18-30(40-33)38(25-10-5-4-6-11-25)34-35-32-28(36(34)3)16-15-24-14-13-23-9-7-8-12-26(23)31(24)32;1-32-12-11-19(15-32)24-17-36-26-13-21-20-9-5-6-10-25(20)33(29(21)31-28(24)26)27-14-22-23(16-34-30(22)35-27)18-7-3-2-4-8-18;;;/h2-18,20-22,25H,1H3;4-11,15-17,20H,13-14H2,1-3H3;2-7,9-10,12-13,15-17H,1H3;;;/q3*-3;;;. The SMILES string of the molecule is Cc1[c-]n(-c2coc3oc(N(c4ccccc4)c4nc5c6c(ccc5n4C)CCc4ccc[c-]c4-6)[c-]c23)c(C)c1.Cn1c(-c2cccc3oc(N(c4[c-]c5c(-c6[c-]cc7ccccc7c6)coc5cc4)c4ccccc4)nc23)[c-]c2ccccc21.Cn1c[c-]c(-c2csc3cc4c5ccccc5n(-c5[c-]c6c(-c7[c-]cccc7)coc6o5)c4nc23)c1.[Cu].[Cu].[Cu]. The Bertz CT molecular complexity index is 8170. The first-order valence-electron chi connectivity index (χ1n) is 39.7. The van der Waals surface area contributed by atoms with Crippen LogP contribution in [0.15, 0.2) is 306 Å². The van der Waals surface area contributed by atoms with Gasteiger partial charge in [0.1, 0.15) is 23.0 Å². The first kappa shape index (κ1) is 78.5. The zero-order valence-corrected chi connectivity index (χ0v) is 70.3. The van der Waals surface area contributed by atoms with Crippen molar-refractivity contribution in [2.24, 2.45) is 21.1 Å². The molecule has 24 aromatic rings. The van der Waals surface area contributed by atoms with Crippen LogP contribution in [0.5, 0.6) is 0 Å². The number of benzene rings is 11. The molecule has 11 aromatic carbocycles. The number of hydrogen-bond acceptors (Lipinski definition) is 12. The summed E-state index contributed by atoms with van der Waals surface area (Å²) in [5.74, 6) is 2.61. The second kappa shape index (κ2) is 31.8. The van der Waals surface area contributed by atoms with E-state index in [1.165, 1.54) is 16.7 Å². The summed E-state index contributed by atoms with van der Waals surface area (Å²) < 4.78 is 48.1. The summed E-state index contributed by atoms with van der Waals surface area (Å²) in [5, 5.41) is 10.1. The van der Waals surface area contributed by atoms with Crippen molar-refractivity contribution in [3.8, 4) is 67.3 Å². The number of para-hydroxylation sites is 5. The summed E-state index contributed by atoms with van der Waals surface area (Å²) >= 11 is 1.70. The van der Waals surface area contributed by atoms with Gasteiger partial charge in [-0.05, 0) is 90.1 Å². The summed E-state index contributed by atoms with van der Waals surface area (Å²) in [5.41, 5.74) is 26.3. The second-order valence-corrected chi connectivity index (χ2v) is 31.2. The van der Waals surface area contributed by atoms with Crippen LogP contribution in [-0.2, 0) is 85.2 Å². The summed E-state index contributed by atoms with van der Waals surface area (Å²) in [7, 11) is 6.11. The number of aromatic nitrogens is 8. The largest absolute Gasteiger partial charge is 0.518 e. The van der Waals surface area contributed by atoms with Crippen LogP contribution in [0.4, 0.5) is 34.9 Å². The third-order valence-electron chi connectivity index (χ3n) is 22.9. The van der Waals surface area contributed by atoms with Gasteiger partial charge in [-0.2, -0.15) is 29.0 Å². The van der Waals surface area contributed by atoms with Crippen molar-refractivity contribution in [1.82, 2.24) is 37.8 Å². The monoisotopic (exact) mass is 1770 g/mol. The first-order chi connectivity index (χ1) is 59.5. The van der Waals surface area contributed by atoms with Crippen LogP contribution >= 0.6 is 11.3 Å². The number of aryl methyl sites for hydroxylation is 7. The van der Waals surface area contributed by atoms with Crippen molar-refractivity contribution in [3.05, 3.63) is 356 Å². The average Bonchev–Trinajstić information content (AvgIpc) is 1.56. The Balaban J connectivity index is 0.000000117. The Morgan fingerprint density at radius 2 is 1.23 bits per heavy atom. The summed E-state index contributed by atoms with van der Waals surface area (Å²) in [4.78, 5) is 19.6. The van der Waals surface area contributed by atoms with Crippen molar-refractivity contribution >= 4 is 156 Å². The van der Waals surface area contributed by atoms with Crippen molar-refractivity contribution in [2.75, 3.05) is 9.80 Å². The number of rotatable bonds is 12. The molecule has 0 saturated heterocycles. The minimum absolute atomic E-state index is 0. The Morgan fingerprint density at radius 1 is 0.484 bits per heavy atom. The molecule has 25 rings (SSSR count). The Labute approximate surface area is 746 Å². The van der Waals surface area contributed by atoms with Gasteiger partial charge in [0.25, 0.3) is 0 Å². The number of oxazole rings is 1. The van der Waals surface area contributed by atoms with E-state index in [0.717, 1.165) is 195 Å². The molecule has 615 valence electrons. The van der Waals surface area contributed by atoms with Crippen LogP contribution in [-0.4, -0.2) is 37.8 Å². The van der Waals surface area contributed by atoms with Crippen molar-refractivity contribution in [2.45, 2.75) is 26.7 Å². The molecule has 3 radical (unpaired) electrons. The number of nitrogens with zero attached hydrogens (tertiary/aromatic N) is 10. The number of hydrogen-bond donors (Lipinski definition) is 0. The number of fused-ring (bicyclic) bond motifs is 15. The van der Waals surface area contributed by atoms with Gasteiger partial charge in [-0.25, -0.2) is 15.0 Å². The van der Waals surface area contributed by atoms with Gasteiger partial charge in [-0.1, -0.05) is 203 Å². The molecule has 0 fully saturated rings. The molecule has 1 aliphatic carbocycles. The molecule has 0 bridgehead atoms. The van der Waals surface area contributed by atoms with E-state index in [0.29, 0.717) is 34.9 Å². The van der Waals surface area contributed by atoms with Crippen LogP contribution in [0.2, 0.25) is 0 Å². The number of pyridine rings is 1. The van der Waals surface area contributed by atoms with Crippen LogP contribution in [0.1, 0.15) is 22.4 Å². The smallest absolute Gasteiger partial charge is 0.305 e. The van der Waals surface area contributed by atoms with Gasteiger partial charge in [-0.15, -0.1) is 166 Å². The van der Waals surface area contributed by atoms with Crippen molar-refractivity contribution in [1.29, 1.82) is 0 Å². The minimum atomic E-state index is 0. The average molecular weight is 1770 g/mol. The van der Waals surface area contributed by atoms with E-state index in [4.69, 9.17) is 41.5 Å². The molecule has 0 unspecified atom stereocenters. The van der Waals surface area contributed by atoms with Crippen LogP contribution in [0, 0.1) is 68.6 Å². The van der Waals surface area contributed by atoms with Gasteiger partial charge in [-0.3, -0.25) is 14.4 Å². The van der Waals surface area contributed by atoms with Gasteiger partial charge in [0, 0.05) is 116 Å². The number of imidazole rings is 1. The fourth-order valence-corrected chi connectivity index (χ4v) is 18.0. The van der Waals surface area contributed by atoms with Gasteiger partial charge in [0.05, 0.1) is 27.8 Å². The molecule has 0 saturated carbocycles. The maximum Gasteiger partial charge on any atom is 0.305 e. The van der Waals surface area contributed by atoms with Gasteiger partial charge >= 0.3 is 6.01 Å². The molecule has 0 N–H and O–H groups in total. The Kier molecular flexibility index (Phi) is 20.1.